The first-order chi connectivity index (χ1) is 16.3. The molecule has 3 aromatic carbocycles. The van der Waals surface area contributed by atoms with Crippen molar-refractivity contribution in [2.24, 2.45) is 0 Å². The number of aryl methyl sites for hydroxylation is 1. The van der Waals surface area contributed by atoms with Crippen molar-refractivity contribution in [3.63, 3.8) is 0 Å². The molecule has 0 atom stereocenters. The molecule has 3 heteroatoms. The van der Waals surface area contributed by atoms with Crippen LogP contribution in [0, 0.1) is 0 Å². The van der Waals surface area contributed by atoms with Crippen molar-refractivity contribution in [1.82, 2.24) is 0 Å². The van der Waals surface area contributed by atoms with Gasteiger partial charge >= 0.3 is 0 Å². The molecule has 1 nitrogen and oxygen atoms in total. The second kappa shape index (κ2) is 8.81. The molecule has 0 N–H and O–H groups in total. The Morgan fingerprint density at radius 3 is 2.24 bits per heavy atom. The van der Waals surface area contributed by atoms with Crippen LogP contribution < -0.4 is 0 Å². The summed E-state index contributed by atoms with van der Waals surface area (Å²) < 4.78 is 6.06. The van der Waals surface area contributed by atoms with Gasteiger partial charge in [0.25, 0.3) is 0 Å². The molecule has 6 rings (SSSR count). The van der Waals surface area contributed by atoms with Crippen LogP contribution in [0.4, 0.5) is 0 Å². The quantitative estimate of drug-likeness (QED) is 0.213. The fraction of sp³-hybridized carbons (Fsp3) is 0.200. The SMILES string of the molecule is CCCCCCc1ccc(-c2sc(-c3ccc4oc5ccccc5c4c3)c3ccccc23)s1. The maximum Gasteiger partial charge on any atom is 0.135 e. The zero-order chi connectivity index (χ0) is 22.2. The molecule has 0 saturated heterocycles. The summed E-state index contributed by atoms with van der Waals surface area (Å²) in [6, 6.07) is 28.5. The smallest absolute Gasteiger partial charge is 0.135 e. The predicted molar refractivity (Wildman–Crippen MR) is 146 cm³/mol. The molecule has 3 heterocycles. The highest BCUT2D eigenvalue weighted by Crippen LogP contribution is 2.46. The Balaban J connectivity index is 1.42. The highest BCUT2D eigenvalue weighted by atomic mass is 32.1. The molecule has 0 amide bonds. The summed E-state index contributed by atoms with van der Waals surface area (Å²) in [5.41, 5.74) is 3.16. The normalized spacial score (nSPS) is 11.8. The maximum atomic E-state index is 6.06. The first-order valence-corrected chi connectivity index (χ1v) is 13.5. The van der Waals surface area contributed by atoms with Gasteiger partial charge in [-0.25, -0.2) is 0 Å². The van der Waals surface area contributed by atoms with E-state index >= 15 is 0 Å². The van der Waals surface area contributed by atoms with E-state index in [1.807, 2.05) is 34.8 Å². The van der Waals surface area contributed by atoms with Gasteiger partial charge in [0.15, 0.2) is 0 Å². The Kier molecular flexibility index (Phi) is 5.53. The van der Waals surface area contributed by atoms with Crippen molar-refractivity contribution in [2.75, 3.05) is 0 Å². The lowest BCUT2D eigenvalue weighted by Crippen LogP contribution is -1.80. The van der Waals surface area contributed by atoms with Crippen molar-refractivity contribution in [3.05, 3.63) is 83.7 Å². The molecule has 0 radical (unpaired) electrons. The van der Waals surface area contributed by atoms with Gasteiger partial charge in [-0.1, -0.05) is 68.7 Å². The van der Waals surface area contributed by atoms with Crippen LogP contribution in [0.1, 0.15) is 37.5 Å². The number of unbranched alkanes of at least 4 members (excludes halogenated alkanes) is 3. The van der Waals surface area contributed by atoms with Gasteiger partial charge < -0.3 is 4.42 Å². The third-order valence-corrected chi connectivity index (χ3v) is 9.02. The number of hydrogen-bond donors (Lipinski definition) is 0. The first-order valence-electron chi connectivity index (χ1n) is 11.8. The summed E-state index contributed by atoms with van der Waals surface area (Å²) in [7, 11) is 0. The van der Waals surface area contributed by atoms with E-state index < -0.39 is 0 Å². The van der Waals surface area contributed by atoms with Crippen LogP contribution in [0.25, 0.3) is 52.9 Å². The van der Waals surface area contributed by atoms with E-state index in [-0.39, 0.29) is 0 Å². The van der Waals surface area contributed by atoms with E-state index in [0.29, 0.717) is 0 Å². The van der Waals surface area contributed by atoms with Crippen molar-refractivity contribution < 1.29 is 4.42 Å². The molecule has 0 spiro atoms. The Bertz CT molecular complexity index is 1560. The largest absolute Gasteiger partial charge is 0.456 e. The molecule has 33 heavy (non-hydrogen) atoms. The zero-order valence-electron chi connectivity index (χ0n) is 18.8. The highest BCUT2D eigenvalue weighted by Gasteiger charge is 2.17. The predicted octanol–water partition coefficient (Wildman–Crippen LogP) is 10.3. The fourth-order valence-electron chi connectivity index (χ4n) is 4.72. The Morgan fingerprint density at radius 2 is 1.39 bits per heavy atom. The van der Waals surface area contributed by atoms with Crippen molar-refractivity contribution in [3.8, 4) is 20.2 Å². The highest BCUT2D eigenvalue weighted by molar-refractivity contribution is 7.25. The molecule has 0 fully saturated rings. The average Bonchev–Trinajstić information content (AvgIpc) is 3.56. The van der Waals surface area contributed by atoms with Crippen LogP contribution in [0.5, 0.6) is 0 Å². The molecule has 3 aromatic heterocycles. The van der Waals surface area contributed by atoms with Gasteiger partial charge in [0.2, 0.25) is 0 Å². The monoisotopic (exact) mass is 466 g/mol. The number of para-hydroxylation sites is 1. The molecule has 0 aliphatic carbocycles. The summed E-state index contributed by atoms with van der Waals surface area (Å²) in [5, 5.41) is 5.06. The molecular weight excluding hydrogens is 440 g/mol. The van der Waals surface area contributed by atoms with Crippen molar-refractivity contribution in [2.45, 2.75) is 39.0 Å². The van der Waals surface area contributed by atoms with Gasteiger partial charge in [-0.2, -0.15) is 0 Å². The molecule has 0 aliphatic heterocycles. The summed E-state index contributed by atoms with van der Waals surface area (Å²) in [5.74, 6) is 0. The molecule has 0 aliphatic rings. The van der Waals surface area contributed by atoms with Gasteiger partial charge in [-0.3, -0.25) is 0 Å². The summed E-state index contributed by atoms with van der Waals surface area (Å²) in [6.07, 6.45) is 6.46. The molecule has 0 bridgehead atoms. The third kappa shape index (κ3) is 3.80. The minimum absolute atomic E-state index is 0.950. The number of rotatable bonds is 7. The first kappa shape index (κ1) is 20.7. The van der Waals surface area contributed by atoms with Crippen LogP contribution in [0.15, 0.2) is 83.3 Å². The van der Waals surface area contributed by atoms with Gasteiger partial charge in [0.1, 0.15) is 11.2 Å². The van der Waals surface area contributed by atoms with E-state index in [1.165, 1.54) is 78.7 Å². The van der Waals surface area contributed by atoms with Crippen LogP contribution in [0.2, 0.25) is 0 Å². The van der Waals surface area contributed by atoms with E-state index in [2.05, 4.69) is 73.7 Å². The lowest BCUT2D eigenvalue weighted by Gasteiger charge is -2.00. The van der Waals surface area contributed by atoms with Crippen molar-refractivity contribution >= 4 is 55.4 Å². The summed E-state index contributed by atoms with van der Waals surface area (Å²) in [6.45, 7) is 2.27. The number of fused-ring (bicyclic) bond motifs is 4. The van der Waals surface area contributed by atoms with Gasteiger partial charge in [0.05, 0.1) is 4.88 Å². The Labute approximate surface area is 202 Å². The zero-order valence-corrected chi connectivity index (χ0v) is 20.4. The lowest BCUT2D eigenvalue weighted by atomic mass is 10.0. The van der Waals surface area contributed by atoms with E-state index in [9.17, 15) is 0 Å². The van der Waals surface area contributed by atoms with Crippen LogP contribution in [-0.2, 0) is 6.42 Å². The number of thiophene rings is 2. The van der Waals surface area contributed by atoms with Crippen LogP contribution in [-0.4, -0.2) is 0 Å². The van der Waals surface area contributed by atoms with Crippen LogP contribution in [0.3, 0.4) is 0 Å². The second-order valence-corrected chi connectivity index (χ2v) is 10.9. The van der Waals surface area contributed by atoms with Crippen molar-refractivity contribution in [1.29, 1.82) is 0 Å². The van der Waals surface area contributed by atoms with E-state index in [1.54, 1.807) is 0 Å². The summed E-state index contributed by atoms with van der Waals surface area (Å²) >= 11 is 3.89. The Hall–Kier alpha value is -2.88. The molecule has 0 saturated carbocycles. The van der Waals surface area contributed by atoms with E-state index in [0.717, 1.165) is 11.2 Å². The van der Waals surface area contributed by atoms with E-state index in [4.69, 9.17) is 4.42 Å². The van der Waals surface area contributed by atoms with Crippen LogP contribution >= 0.6 is 22.7 Å². The minimum Gasteiger partial charge on any atom is -0.456 e. The maximum absolute atomic E-state index is 6.06. The lowest BCUT2D eigenvalue weighted by molar-refractivity contribution is 0.669. The average molecular weight is 467 g/mol. The minimum atomic E-state index is 0.950. The number of hydrogen-bond acceptors (Lipinski definition) is 3. The second-order valence-electron chi connectivity index (χ2n) is 8.69. The third-order valence-electron chi connectivity index (χ3n) is 6.42. The molecule has 0 unspecified atom stereocenters. The molecular formula is C30H26OS2. The Morgan fingerprint density at radius 1 is 0.636 bits per heavy atom. The molecule has 164 valence electrons. The number of benzene rings is 3. The summed E-state index contributed by atoms with van der Waals surface area (Å²) in [4.78, 5) is 5.63. The standard InChI is InChI=1S/C30H26OS2/c1-2-3-4-5-10-21-16-18-28(32-21)30-24-13-7-6-12-23(24)29(33-30)20-15-17-27-25(19-20)22-11-8-9-14-26(22)31-27/h6-9,11-19H,2-5,10H2,1H3. The fourth-order valence-corrected chi connectivity index (χ4v) is 7.16. The van der Waals surface area contributed by atoms with Gasteiger partial charge in [0, 0.05) is 36.2 Å². The topological polar surface area (TPSA) is 13.1 Å². The molecule has 6 aromatic rings. The van der Waals surface area contributed by atoms with Gasteiger partial charge in [-0.15, -0.1) is 22.7 Å². The number of furan rings is 1. The van der Waals surface area contributed by atoms with Gasteiger partial charge in [-0.05, 0) is 54.8 Å².